The monoisotopic (exact) mass is 363 g/mol. The van der Waals surface area contributed by atoms with Crippen molar-refractivity contribution in [3.8, 4) is 5.69 Å². The second-order valence-electron chi connectivity index (χ2n) is 5.38. The molecule has 1 amide bonds. The number of hydrogen-bond acceptors (Lipinski definition) is 3. The lowest BCUT2D eigenvalue weighted by Crippen LogP contribution is -2.43. The summed E-state index contributed by atoms with van der Waals surface area (Å²) in [6.45, 7) is 1.78. The van der Waals surface area contributed by atoms with Gasteiger partial charge in [-0.3, -0.25) is 4.79 Å². The minimum absolute atomic E-state index is 0.382. The number of carboxylic acid groups (broad SMARTS) is 1. The maximum atomic E-state index is 12.3. The third-order valence-electron chi connectivity index (χ3n) is 3.82. The van der Waals surface area contributed by atoms with Gasteiger partial charge in [-0.2, -0.15) is 5.10 Å². The lowest BCUT2D eigenvalue weighted by atomic mass is 10.2. The van der Waals surface area contributed by atoms with E-state index < -0.39 is 17.4 Å². The summed E-state index contributed by atoms with van der Waals surface area (Å²) in [6.07, 6.45) is 2.39. The molecule has 7 heteroatoms. The van der Waals surface area contributed by atoms with Crippen molar-refractivity contribution in [3.63, 3.8) is 0 Å². The zero-order valence-electron chi connectivity index (χ0n) is 11.8. The van der Waals surface area contributed by atoms with E-state index in [1.54, 1.807) is 11.6 Å². The highest BCUT2D eigenvalue weighted by Crippen LogP contribution is 2.36. The molecule has 0 unspecified atom stereocenters. The number of carboxylic acids is 1. The number of nitrogens with one attached hydrogen (secondary N) is 1. The molecule has 2 aromatic rings. The molecule has 1 saturated carbocycles. The van der Waals surface area contributed by atoms with Gasteiger partial charge in [-0.1, -0.05) is 22.0 Å². The number of hydrogen-bond donors (Lipinski definition) is 2. The number of nitrogens with zero attached hydrogens (tertiary/aromatic N) is 2. The van der Waals surface area contributed by atoms with Gasteiger partial charge in [-0.05, 0) is 38.0 Å². The summed E-state index contributed by atoms with van der Waals surface area (Å²) < 4.78 is 2.56. The number of amides is 1. The number of rotatable bonds is 4. The van der Waals surface area contributed by atoms with Gasteiger partial charge in [0.05, 0.1) is 23.1 Å². The van der Waals surface area contributed by atoms with E-state index in [1.165, 1.54) is 6.20 Å². The molecule has 1 aromatic carbocycles. The topological polar surface area (TPSA) is 84.2 Å². The average molecular weight is 364 g/mol. The van der Waals surface area contributed by atoms with Crippen LogP contribution < -0.4 is 5.32 Å². The summed E-state index contributed by atoms with van der Waals surface area (Å²) in [7, 11) is 0. The normalized spacial score (nSPS) is 15.4. The van der Waals surface area contributed by atoms with Crippen LogP contribution in [0.1, 0.15) is 28.9 Å². The summed E-state index contributed by atoms with van der Waals surface area (Å²) in [6, 6.07) is 7.55. The molecular formula is C15H14BrN3O3. The maximum absolute atomic E-state index is 12.3. The number of carbonyl (C=O) groups excluding carboxylic acids is 1. The molecule has 0 bridgehead atoms. The Labute approximate surface area is 135 Å². The molecule has 22 heavy (non-hydrogen) atoms. The quantitative estimate of drug-likeness (QED) is 0.872. The third-order valence-corrected chi connectivity index (χ3v) is 4.31. The van der Waals surface area contributed by atoms with Crippen molar-refractivity contribution in [1.29, 1.82) is 0 Å². The van der Waals surface area contributed by atoms with Gasteiger partial charge >= 0.3 is 5.97 Å². The van der Waals surface area contributed by atoms with E-state index in [-0.39, 0.29) is 0 Å². The fourth-order valence-corrected chi connectivity index (χ4v) is 2.69. The molecule has 1 aliphatic carbocycles. The third kappa shape index (κ3) is 2.52. The first-order valence-corrected chi connectivity index (χ1v) is 7.59. The Morgan fingerprint density at radius 1 is 1.41 bits per heavy atom. The highest BCUT2D eigenvalue weighted by Gasteiger charge is 2.51. The molecule has 1 aromatic heterocycles. The Bertz CT molecular complexity index is 765. The van der Waals surface area contributed by atoms with Crippen LogP contribution in [0.3, 0.4) is 0 Å². The second kappa shape index (κ2) is 5.24. The first kappa shape index (κ1) is 14.8. The van der Waals surface area contributed by atoms with Crippen LogP contribution >= 0.6 is 15.9 Å². The van der Waals surface area contributed by atoms with E-state index in [1.807, 2.05) is 24.3 Å². The van der Waals surface area contributed by atoms with Gasteiger partial charge in [-0.25, -0.2) is 9.48 Å². The molecule has 6 nitrogen and oxygen atoms in total. The summed E-state index contributed by atoms with van der Waals surface area (Å²) in [5.41, 5.74) is 0.774. The smallest absolute Gasteiger partial charge is 0.329 e. The molecule has 0 spiro atoms. The fourth-order valence-electron chi connectivity index (χ4n) is 2.30. The van der Waals surface area contributed by atoms with Gasteiger partial charge < -0.3 is 10.4 Å². The lowest BCUT2D eigenvalue weighted by molar-refractivity contribution is -0.140. The van der Waals surface area contributed by atoms with Crippen LogP contribution in [0.2, 0.25) is 0 Å². The van der Waals surface area contributed by atoms with Gasteiger partial charge in [0.15, 0.2) is 0 Å². The summed E-state index contributed by atoms with van der Waals surface area (Å²) in [5, 5.41) is 16.0. The molecule has 0 aliphatic heterocycles. The molecule has 114 valence electrons. The zero-order valence-corrected chi connectivity index (χ0v) is 13.4. The zero-order chi connectivity index (χ0) is 15.9. The Hall–Kier alpha value is -2.15. The van der Waals surface area contributed by atoms with Crippen LogP contribution in [0.4, 0.5) is 0 Å². The van der Waals surface area contributed by atoms with Crippen molar-refractivity contribution in [2.75, 3.05) is 0 Å². The number of aromatic nitrogens is 2. The molecular weight excluding hydrogens is 350 g/mol. The van der Waals surface area contributed by atoms with E-state index >= 15 is 0 Å². The van der Waals surface area contributed by atoms with Gasteiger partial charge in [0.1, 0.15) is 5.54 Å². The number of carbonyl (C=O) groups is 2. The molecule has 1 fully saturated rings. The second-order valence-corrected chi connectivity index (χ2v) is 6.29. The Morgan fingerprint density at radius 3 is 2.73 bits per heavy atom. The fraction of sp³-hybridized carbons (Fsp3) is 0.267. The van der Waals surface area contributed by atoms with Crippen molar-refractivity contribution in [2.45, 2.75) is 25.3 Å². The van der Waals surface area contributed by atoms with E-state index in [9.17, 15) is 9.59 Å². The SMILES string of the molecule is Cc1c(C(=O)NC2(C(=O)O)CC2)cnn1-c1cccc(Br)c1. The Balaban J connectivity index is 1.88. The predicted octanol–water partition coefficient (Wildman–Crippen LogP) is 2.29. The largest absolute Gasteiger partial charge is 0.480 e. The first-order chi connectivity index (χ1) is 10.4. The van der Waals surface area contributed by atoms with Crippen LogP contribution in [-0.4, -0.2) is 32.3 Å². The number of halogens is 1. The summed E-state index contributed by atoms with van der Waals surface area (Å²) >= 11 is 3.40. The van der Waals surface area contributed by atoms with Crippen molar-refractivity contribution in [2.24, 2.45) is 0 Å². The minimum Gasteiger partial charge on any atom is -0.480 e. The first-order valence-electron chi connectivity index (χ1n) is 6.79. The molecule has 2 N–H and O–H groups in total. The van der Waals surface area contributed by atoms with Crippen LogP contribution in [0.25, 0.3) is 5.69 Å². The predicted molar refractivity (Wildman–Crippen MR) is 83.1 cm³/mol. The van der Waals surface area contributed by atoms with E-state index in [0.29, 0.717) is 24.1 Å². The van der Waals surface area contributed by atoms with Gasteiger partial charge in [0.25, 0.3) is 5.91 Å². The molecule has 3 rings (SSSR count). The van der Waals surface area contributed by atoms with Crippen LogP contribution in [0.5, 0.6) is 0 Å². The highest BCUT2D eigenvalue weighted by molar-refractivity contribution is 9.10. The van der Waals surface area contributed by atoms with Crippen molar-refractivity contribution < 1.29 is 14.7 Å². The van der Waals surface area contributed by atoms with Gasteiger partial charge in [-0.15, -0.1) is 0 Å². The average Bonchev–Trinajstić information content (AvgIpc) is 3.14. The number of benzene rings is 1. The van der Waals surface area contributed by atoms with E-state index in [4.69, 9.17) is 5.11 Å². The highest BCUT2D eigenvalue weighted by atomic mass is 79.9. The van der Waals surface area contributed by atoms with Crippen LogP contribution in [0.15, 0.2) is 34.9 Å². The minimum atomic E-state index is -1.10. The van der Waals surface area contributed by atoms with E-state index in [2.05, 4.69) is 26.3 Å². The summed E-state index contributed by atoms with van der Waals surface area (Å²) in [5.74, 6) is -1.39. The van der Waals surface area contributed by atoms with E-state index in [0.717, 1.165) is 10.2 Å². The van der Waals surface area contributed by atoms with Gasteiger partial charge in [0.2, 0.25) is 0 Å². The number of aliphatic carboxylic acids is 1. The molecule has 0 radical (unpaired) electrons. The Kier molecular flexibility index (Phi) is 3.52. The molecule has 0 saturated heterocycles. The maximum Gasteiger partial charge on any atom is 0.329 e. The standard InChI is InChI=1S/C15H14BrN3O3/c1-9-12(13(20)18-15(5-6-15)14(21)22)8-17-19(9)11-4-2-3-10(16)7-11/h2-4,7-8H,5-6H2,1H3,(H,18,20)(H,21,22). The molecule has 0 atom stereocenters. The lowest BCUT2D eigenvalue weighted by Gasteiger charge is -2.12. The van der Waals surface area contributed by atoms with Crippen molar-refractivity contribution in [3.05, 3.63) is 46.2 Å². The molecule has 1 heterocycles. The molecule has 1 aliphatic rings. The van der Waals surface area contributed by atoms with Gasteiger partial charge in [0, 0.05) is 4.47 Å². The van der Waals surface area contributed by atoms with Crippen molar-refractivity contribution >= 4 is 27.8 Å². The Morgan fingerprint density at radius 2 is 2.14 bits per heavy atom. The van der Waals surface area contributed by atoms with Crippen LogP contribution in [-0.2, 0) is 4.79 Å². The van der Waals surface area contributed by atoms with Crippen molar-refractivity contribution in [1.82, 2.24) is 15.1 Å². The summed E-state index contributed by atoms with van der Waals surface area (Å²) in [4.78, 5) is 23.5. The van der Waals surface area contributed by atoms with Crippen LogP contribution in [0, 0.1) is 6.92 Å².